The number of allylic oxidation sites excluding steroid dienone is 1. The molecule has 0 saturated carbocycles. The third-order valence-electron chi connectivity index (χ3n) is 1.48. The highest BCUT2D eigenvalue weighted by Gasteiger charge is 1.94. The fourth-order valence-electron chi connectivity index (χ4n) is 0.821. The number of rotatable bonds is 1. The smallest absolute Gasteiger partial charge is 0.118 e. The van der Waals surface area contributed by atoms with Crippen LogP contribution in [0.3, 0.4) is 0 Å². The van der Waals surface area contributed by atoms with E-state index in [0.717, 1.165) is 5.56 Å². The first kappa shape index (κ1) is 7.66. The largest absolute Gasteiger partial charge is 0.508 e. The van der Waals surface area contributed by atoms with Gasteiger partial charge in [-0.3, -0.25) is 0 Å². The van der Waals surface area contributed by atoms with Crippen LogP contribution in [0.2, 0.25) is 0 Å². The molecule has 0 aliphatic heterocycles. The predicted molar refractivity (Wildman–Crippen MR) is 47.1 cm³/mol. The summed E-state index contributed by atoms with van der Waals surface area (Å²) in [7, 11) is 0. The number of aliphatic hydroxyl groups excluding tert-OH is 1. The summed E-state index contributed by atoms with van der Waals surface area (Å²) in [6, 6.07) is 7.08. The average molecular weight is 149 g/mol. The maximum atomic E-state index is 9.24. The van der Waals surface area contributed by atoms with E-state index in [1.54, 1.807) is 37.3 Å². The molecule has 58 valence electrons. The van der Waals surface area contributed by atoms with E-state index in [1.165, 1.54) is 0 Å². The second-order valence-electron chi connectivity index (χ2n) is 2.30. The van der Waals surface area contributed by atoms with Gasteiger partial charge < -0.3 is 10.8 Å². The van der Waals surface area contributed by atoms with Crippen LogP contribution in [0, 0.1) is 0 Å². The van der Waals surface area contributed by atoms with Crippen molar-refractivity contribution in [3.8, 4) is 0 Å². The summed E-state index contributed by atoms with van der Waals surface area (Å²) in [6.07, 6.45) is 1.64. The molecule has 1 aromatic rings. The van der Waals surface area contributed by atoms with Gasteiger partial charge in [0, 0.05) is 11.3 Å². The van der Waals surface area contributed by atoms with Crippen LogP contribution < -0.4 is 5.73 Å². The van der Waals surface area contributed by atoms with E-state index in [4.69, 9.17) is 5.73 Å². The van der Waals surface area contributed by atoms with Crippen LogP contribution in [-0.2, 0) is 0 Å². The van der Waals surface area contributed by atoms with Gasteiger partial charge in [-0.05, 0) is 37.3 Å². The van der Waals surface area contributed by atoms with Gasteiger partial charge in [0.15, 0.2) is 0 Å². The molecule has 3 N–H and O–H groups in total. The van der Waals surface area contributed by atoms with Gasteiger partial charge in [0.25, 0.3) is 0 Å². The molecule has 0 aliphatic carbocycles. The zero-order valence-electron chi connectivity index (χ0n) is 6.41. The Morgan fingerprint density at radius 3 is 2.36 bits per heavy atom. The number of nitrogens with two attached hydrogens (primary N) is 1. The summed E-state index contributed by atoms with van der Waals surface area (Å²) < 4.78 is 0. The van der Waals surface area contributed by atoms with Gasteiger partial charge in [-0.15, -0.1) is 0 Å². The first-order chi connectivity index (χ1) is 5.24. The molecule has 0 atom stereocenters. The van der Waals surface area contributed by atoms with Crippen molar-refractivity contribution >= 4 is 11.4 Å². The molecule has 11 heavy (non-hydrogen) atoms. The fourth-order valence-corrected chi connectivity index (χ4v) is 0.821. The Balaban J connectivity index is 2.99. The highest BCUT2D eigenvalue weighted by atomic mass is 16.3. The molecule has 0 saturated heterocycles. The van der Waals surface area contributed by atoms with E-state index in [0.29, 0.717) is 5.69 Å². The Bertz CT molecular complexity index is 261. The Labute approximate surface area is 66.0 Å². The average Bonchev–Trinajstić information content (AvgIpc) is 2.05. The highest BCUT2D eigenvalue weighted by Crippen LogP contribution is 2.12. The minimum atomic E-state index is 0.282. The second-order valence-corrected chi connectivity index (χ2v) is 2.30. The summed E-state index contributed by atoms with van der Waals surface area (Å²) in [6.45, 7) is 1.78. The van der Waals surface area contributed by atoms with Crippen molar-refractivity contribution in [2.45, 2.75) is 6.92 Å². The van der Waals surface area contributed by atoms with E-state index in [9.17, 15) is 5.11 Å². The second kappa shape index (κ2) is 3.10. The molecule has 0 bridgehead atoms. The van der Waals surface area contributed by atoms with Crippen LogP contribution in [0.1, 0.15) is 12.5 Å². The van der Waals surface area contributed by atoms with Crippen LogP contribution in [0.4, 0.5) is 5.69 Å². The molecule has 1 rings (SSSR count). The SMILES string of the molecule is C/C=C(\O)c1ccc(N)cc1. The van der Waals surface area contributed by atoms with Crippen LogP contribution in [-0.4, -0.2) is 5.11 Å². The lowest BCUT2D eigenvalue weighted by Crippen LogP contribution is -1.85. The van der Waals surface area contributed by atoms with Crippen molar-refractivity contribution in [1.82, 2.24) is 0 Å². The van der Waals surface area contributed by atoms with Crippen LogP contribution in [0.5, 0.6) is 0 Å². The van der Waals surface area contributed by atoms with Crippen molar-refractivity contribution in [1.29, 1.82) is 0 Å². The Kier molecular flexibility index (Phi) is 2.16. The molecular formula is C9H11NO. The van der Waals surface area contributed by atoms with Gasteiger partial charge in [0.2, 0.25) is 0 Å². The van der Waals surface area contributed by atoms with Crippen LogP contribution in [0.15, 0.2) is 30.3 Å². The zero-order chi connectivity index (χ0) is 8.27. The van der Waals surface area contributed by atoms with Crippen LogP contribution >= 0.6 is 0 Å². The normalized spacial score (nSPS) is 11.5. The number of benzene rings is 1. The lowest BCUT2D eigenvalue weighted by atomic mass is 10.2. The molecule has 1 aromatic carbocycles. The molecule has 0 aromatic heterocycles. The van der Waals surface area contributed by atoms with Crippen LogP contribution in [0.25, 0.3) is 5.76 Å². The highest BCUT2D eigenvalue weighted by molar-refractivity contribution is 5.60. The van der Waals surface area contributed by atoms with Crippen molar-refractivity contribution in [2.24, 2.45) is 0 Å². The Morgan fingerprint density at radius 2 is 1.91 bits per heavy atom. The van der Waals surface area contributed by atoms with E-state index < -0.39 is 0 Å². The third-order valence-corrected chi connectivity index (χ3v) is 1.48. The first-order valence-corrected chi connectivity index (χ1v) is 3.45. The molecule has 0 aliphatic rings. The quantitative estimate of drug-likeness (QED) is 0.475. The number of nitrogen functional groups attached to an aromatic ring is 1. The number of hydrogen-bond donors (Lipinski definition) is 2. The predicted octanol–water partition coefficient (Wildman–Crippen LogP) is 2.19. The van der Waals surface area contributed by atoms with E-state index >= 15 is 0 Å². The molecule has 0 radical (unpaired) electrons. The van der Waals surface area contributed by atoms with Gasteiger partial charge in [0.1, 0.15) is 5.76 Å². The number of aliphatic hydroxyl groups is 1. The molecule has 0 amide bonds. The van der Waals surface area contributed by atoms with Crippen molar-refractivity contribution in [3.63, 3.8) is 0 Å². The number of hydrogen-bond acceptors (Lipinski definition) is 2. The maximum Gasteiger partial charge on any atom is 0.118 e. The maximum absolute atomic E-state index is 9.24. The van der Waals surface area contributed by atoms with Gasteiger partial charge in [-0.1, -0.05) is 0 Å². The standard InChI is InChI=1S/C9H11NO/c1-2-9(11)7-3-5-8(10)6-4-7/h2-6,11H,10H2,1H3/b9-2-. The minimum absolute atomic E-state index is 0.282. The summed E-state index contributed by atoms with van der Waals surface area (Å²) in [5.41, 5.74) is 6.97. The van der Waals surface area contributed by atoms with Crippen molar-refractivity contribution in [3.05, 3.63) is 35.9 Å². The van der Waals surface area contributed by atoms with E-state index in [1.807, 2.05) is 0 Å². The van der Waals surface area contributed by atoms with Gasteiger partial charge in [0.05, 0.1) is 0 Å². The first-order valence-electron chi connectivity index (χ1n) is 3.45. The monoisotopic (exact) mass is 149 g/mol. The van der Waals surface area contributed by atoms with Gasteiger partial charge in [-0.2, -0.15) is 0 Å². The zero-order valence-corrected chi connectivity index (χ0v) is 6.41. The summed E-state index contributed by atoms with van der Waals surface area (Å²) in [5, 5.41) is 9.24. The van der Waals surface area contributed by atoms with Gasteiger partial charge >= 0.3 is 0 Å². The lowest BCUT2D eigenvalue weighted by Gasteiger charge is -1.98. The van der Waals surface area contributed by atoms with E-state index in [-0.39, 0.29) is 5.76 Å². The summed E-state index contributed by atoms with van der Waals surface area (Å²) in [5.74, 6) is 0.282. The lowest BCUT2D eigenvalue weighted by molar-refractivity contribution is 0.511. The van der Waals surface area contributed by atoms with Gasteiger partial charge in [-0.25, -0.2) is 0 Å². The molecule has 2 heteroatoms. The molecular weight excluding hydrogens is 138 g/mol. The number of anilines is 1. The molecule has 0 fully saturated rings. The molecule has 2 nitrogen and oxygen atoms in total. The third kappa shape index (κ3) is 1.74. The Hall–Kier alpha value is -1.44. The summed E-state index contributed by atoms with van der Waals surface area (Å²) in [4.78, 5) is 0. The van der Waals surface area contributed by atoms with Crippen molar-refractivity contribution < 1.29 is 5.11 Å². The molecule has 0 unspecified atom stereocenters. The molecule has 0 spiro atoms. The topological polar surface area (TPSA) is 46.2 Å². The van der Waals surface area contributed by atoms with Crippen molar-refractivity contribution in [2.75, 3.05) is 5.73 Å². The Morgan fingerprint density at radius 1 is 1.36 bits per heavy atom. The fraction of sp³-hybridized carbons (Fsp3) is 0.111. The minimum Gasteiger partial charge on any atom is -0.508 e. The van der Waals surface area contributed by atoms with E-state index in [2.05, 4.69) is 0 Å². The summed E-state index contributed by atoms with van der Waals surface area (Å²) >= 11 is 0. The molecule has 0 heterocycles.